The Labute approximate surface area is 141 Å². The SMILES string of the molecule is CC(C)Cn1nnnc1SCc1cccc(S(=O)(=O)N(C)C)c1. The van der Waals surface area contributed by atoms with Crippen molar-refractivity contribution in [2.75, 3.05) is 14.1 Å². The van der Waals surface area contributed by atoms with Gasteiger partial charge in [-0.25, -0.2) is 17.4 Å². The number of benzene rings is 1. The lowest BCUT2D eigenvalue weighted by atomic mass is 10.2. The molecule has 0 bridgehead atoms. The van der Waals surface area contributed by atoms with E-state index in [1.165, 1.54) is 30.2 Å². The van der Waals surface area contributed by atoms with Gasteiger partial charge in [-0.1, -0.05) is 37.7 Å². The zero-order chi connectivity index (χ0) is 17.0. The molecule has 2 rings (SSSR count). The van der Waals surface area contributed by atoms with Gasteiger partial charge in [0.25, 0.3) is 0 Å². The van der Waals surface area contributed by atoms with E-state index in [1.54, 1.807) is 22.9 Å². The number of rotatable bonds is 7. The van der Waals surface area contributed by atoms with E-state index in [-0.39, 0.29) is 0 Å². The highest BCUT2D eigenvalue weighted by molar-refractivity contribution is 7.98. The number of thioether (sulfide) groups is 1. The fourth-order valence-electron chi connectivity index (χ4n) is 1.91. The molecule has 126 valence electrons. The molecule has 0 unspecified atom stereocenters. The van der Waals surface area contributed by atoms with Crippen molar-refractivity contribution in [3.05, 3.63) is 29.8 Å². The van der Waals surface area contributed by atoms with E-state index in [0.717, 1.165) is 17.3 Å². The van der Waals surface area contributed by atoms with Crippen molar-refractivity contribution in [3.8, 4) is 0 Å². The van der Waals surface area contributed by atoms with Gasteiger partial charge in [0.05, 0.1) is 4.90 Å². The summed E-state index contributed by atoms with van der Waals surface area (Å²) < 4.78 is 27.3. The van der Waals surface area contributed by atoms with E-state index >= 15 is 0 Å². The molecule has 1 aromatic heterocycles. The van der Waals surface area contributed by atoms with E-state index in [2.05, 4.69) is 29.4 Å². The maximum atomic E-state index is 12.2. The predicted molar refractivity (Wildman–Crippen MR) is 89.5 cm³/mol. The molecule has 0 amide bonds. The molecule has 0 atom stereocenters. The number of hydrogen-bond donors (Lipinski definition) is 0. The molecule has 0 saturated heterocycles. The molecule has 7 nitrogen and oxygen atoms in total. The van der Waals surface area contributed by atoms with Gasteiger partial charge in [-0.15, -0.1) is 5.10 Å². The van der Waals surface area contributed by atoms with Crippen LogP contribution in [0.1, 0.15) is 19.4 Å². The van der Waals surface area contributed by atoms with Gasteiger partial charge in [0.1, 0.15) is 0 Å². The smallest absolute Gasteiger partial charge is 0.220 e. The number of sulfonamides is 1. The summed E-state index contributed by atoms with van der Waals surface area (Å²) in [4.78, 5) is 0.294. The summed E-state index contributed by atoms with van der Waals surface area (Å²) in [6.45, 7) is 4.96. The van der Waals surface area contributed by atoms with Crippen LogP contribution in [-0.2, 0) is 22.3 Å². The third-order valence-corrected chi connectivity index (χ3v) is 5.92. The topological polar surface area (TPSA) is 81.0 Å². The van der Waals surface area contributed by atoms with Crippen LogP contribution in [0.3, 0.4) is 0 Å². The van der Waals surface area contributed by atoms with Crippen LogP contribution in [0, 0.1) is 5.92 Å². The van der Waals surface area contributed by atoms with E-state index in [1.807, 2.05) is 6.07 Å². The third-order valence-electron chi connectivity index (χ3n) is 3.08. The van der Waals surface area contributed by atoms with Gasteiger partial charge in [-0.2, -0.15) is 0 Å². The first-order chi connectivity index (χ1) is 10.8. The number of aromatic nitrogens is 4. The molecule has 0 N–H and O–H groups in total. The van der Waals surface area contributed by atoms with Gasteiger partial charge >= 0.3 is 0 Å². The molecule has 0 saturated carbocycles. The van der Waals surface area contributed by atoms with Crippen molar-refractivity contribution in [3.63, 3.8) is 0 Å². The summed E-state index contributed by atoms with van der Waals surface area (Å²) in [6, 6.07) is 6.95. The van der Waals surface area contributed by atoms with E-state index in [4.69, 9.17) is 0 Å². The second kappa shape index (κ2) is 7.41. The molecule has 0 aliphatic carbocycles. The Morgan fingerprint density at radius 2 is 2.04 bits per heavy atom. The molecule has 1 aromatic carbocycles. The van der Waals surface area contributed by atoms with E-state index in [0.29, 0.717) is 16.6 Å². The van der Waals surface area contributed by atoms with Crippen molar-refractivity contribution < 1.29 is 8.42 Å². The second-order valence-corrected chi connectivity index (χ2v) is 8.86. The highest BCUT2D eigenvalue weighted by Crippen LogP contribution is 2.23. The van der Waals surface area contributed by atoms with Gasteiger partial charge in [0.15, 0.2) is 0 Å². The highest BCUT2D eigenvalue weighted by Gasteiger charge is 2.17. The van der Waals surface area contributed by atoms with Crippen LogP contribution in [0.2, 0.25) is 0 Å². The van der Waals surface area contributed by atoms with Gasteiger partial charge in [0.2, 0.25) is 15.2 Å². The maximum absolute atomic E-state index is 12.2. The van der Waals surface area contributed by atoms with Crippen LogP contribution in [0.15, 0.2) is 34.3 Å². The Morgan fingerprint density at radius 3 is 2.70 bits per heavy atom. The molecule has 23 heavy (non-hydrogen) atoms. The Morgan fingerprint density at radius 1 is 1.30 bits per heavy atom. The second-order valence-electron chi connectivity index (χ2n) is 5.76. The molecule has 0 fully saturated rings. The molecule has 0 aliphatic heterocycles. The molecule has 9 heteroatoms. The van der Waals surface area contributed by atoms with Gasteiger partial charge < -0.3 is 0 Å². The van der Waals surface area contributed by atoms with E-state index in [9.17, 15) is 8.42 Å². The fourth-order valence-corrected chi connectivity index (χ4v) is 3.72. The largest absolute Gasteiger partial charge is 0.242 e. The van der Waals surface area contributed by atoms with Crippen molar-refractivity contribution >= 4 is 21.8 Å². The molecule has 2 aromatic rings. The number of hydrogen-bond acceptors (Lipinski definition) is 6. The predicted octanol–water partition coefficient (Wildman–Crippen LogP) is 1.87. The zero-order valence-corrected chi connectivity index (χ0v) is 15.3. The lowest BCUT2D eigenvalue weighted by Gasteiger charge is -2.12. The van der Waals surface area contributed by atoms with Crippen molar-refractivity contribution in [1.82, 2.24) is 24.5 Å². The van der Waals surface area contributed by atoms with Crippen molar-refractivity contribution in [2.45, 2.75) is 36.2 Å². The van der Waals surface area contributed by atoms with Crippen LogP contribution in [0.5, 0.6) is 0 Å². The summed E-state index contributed by atoms with van der Waals surface area (Å²) in [7, 11) is -0.368. The first kappa shape index (κ1) is 17.9. The summed E-state index contributed by atoms with van der Waals surface area (Å²) in [5.74, 6) is 1.06. The Bertz CT molecular complexity index is 756. The maximum Gasteiger partial charge on any atom is 0.242 e. The summed E-state index contributed by atoms with van der Waals surface area (Å²) in [5, 5.41) is 12.4. The minimum Gasteiger partial charge on any atom is -0.220 e. The van der Waals surface area contributed by atoms with Crippen LogP contribution < -0.4 is 0 Å². The van der Waals surface area contributed by atoms with E-state index < -0.39 is 10.0 Å². The van der Waals surface area contributed by atoms with Crippen molar-refractivity contribution in [1.29, 1.82) is 0 Å². The summed E-state index contributed by atoms with van der Waals surface area (Å²) >= 11 is 1.49. The van der Waals surface area contributed by atoms with Crippen LogP contribution in [0.25, 0.3) is 0 Å². The summed E-state index contributed by atoms with van der Waals surface area (Å²) in [6.07, 6.45) is 0. The first-order valence-electron chi connectivity index (χ1n) is 7.21. The average molecular weight is 355 g/mol. The zero-order valence-electron chi connectivity index (χ0n) is 13.7. The fraction of sp³-hybridized carbons (Fsp3) is 0.500. The molecular formula is C14H21N5O2S2. The van der Waals surface area contributed by atoms with Gasteiger partial charge in [0, 0.05) is 26.4 Å². The molecular weight excluding hydrogens is 334 g/mol. The quantitative estimate of drug-likeness (QED) is 0.705. The Hall–Kier alpha value is -1.45. The van der Waals surface area contributed by atoms with Gasteiger partial charge in [-0.05, 0) is 34.0 Å². The van der Waals surface area contributed by atoms with Crippen molar-refractivity contribution in [2.24, 2.45) is 5.92 Å². The molecule has 0 spiro atoms. The standard InChI is InChI=1S/C14H21N5O2S2/c1-11(2)9-19-14(15-16-17-19)22-10-12-6-5-7-13(8-12)23(20,21)18(3)4/h5-8,11H,9-10H2,1-4H3. The van der Waals surface area contributed by atoms with Crippen LogP contribution in [0.4, 0.5) is 0 Å². The first-order valence-corrected chi connectivity index (χ1v) is 9.63. The lowest BCUT2D eigenvalue weighted by Crippen LogP contribution is -2.22. The number of nitrogens with zero attached hydrogens (tertiary/aromatic N) is 5. The lowest BCUT2D eigenvalue weighted by molar-refractivity contribution is 0.446. The summed E-state index contributed by atoms with van der Waals surface area (Å²) in [5.41, 5.74) is 0.914. The minimum absolute atomic E-state index is 0.294. The highest BCUT2D eigenvalue weighted by atomic mass is 32.2. The molecule has 0 aliphatic rings. The molecule has 1 heterocycles. The number of tetrazole rings is 1. The average Bonchev–Trinajstić information content (AvgIpc) is 2.91. The van der Waals surface area contributed by atoms with Crippen LogP contribution >= 0.6 is 11.8 Å². The third kappa shape index (κ3) is 4.52. The monoisotopic (exact) mass is 355 g/mol. The minimum atomic E-state index is -3.42. The Balaban J connectivity index is 2.12. The van der Waals surface area contributed by atoms with Gasteiger partial charge in [-0.3, -0.25) is 0 Å². The Kier molecular flexibility index (Phi) is 5.77. The normalized spacial score (nSPS) is 12.3. The molecule has 0 radical (unpaired) electrons. The van der Waals surface area contributed by atoms with Crippen LogP contribution in [-0.4, -0.2) is 47.0 Å².